The van der Waals surface area contributed by atoms with Gasteiger partial charge >= 0.3 is 0 Å². The minimum absolute atomic E-state index is 0.147. The van der Waals surface area contributed by atoms with E-state index in [0.717, 1.165) is 36.6 Å². The summed E-state index contributed by atoms with van der Waals surface area (Å²) in [5.74, 6) is 1.78. The molecule has 0 amide bonds. The first-order valence-corrected chi connectivity index (χ1v) is 6.96. The van der Waals surface area contributed by atoms with Crippen molar-refractivity contribution in [1.82, 2.24) is 9.97 Å². The summed E-state index contributed by atoms with van der Waals surface area (Å²) in [6.45, 7) is 9.91. The quantitative estimate of drug-likeness (QED) is 0.673. The van der Waals surface area contributed by atoms with Gasteiger partial charge in [0.2, 0.25) is 0 Å². The predicted molar refractivity (Wildman–Crippen MR) is 79.5 cm³/mol. The Morgan fingerprint density at radius 2 is 1.79 bits per heavy atom. The average molecular weight is 266 g/mol. The molecular formula is C14H26N4O. The van der Waals surface area contributed by atoms with Gasteiger partial charge in [-0.05, 0) is 13.3 Å². The number of rotatable bonds is 8. The van der Waals surface area contributed by atoms with E-state index in [1.165, 1.54) is 0 Å². The molecule has 0 radical (unpaired) electrons. The summed E-state index contributed by atoms with van der Waals surface area (Å²) in [6.07, 6.45) is 3.56. The SMILES string of the molecule is CCCc1c(NCC)ncnc1NCC(C)(C)CO. The van der Waals surface area contributed by atoms with Gasteiger partial charge in [-0.2, -0.15) is 0 Å². The molecule has 0 bridgehead atoms. The number of anilines is 2. The molecule has 1 aromatic heterocycles. The van der Waals surface area contributed by atoms with Crippen molar-refractivity contribution < 1.29 is 5.11 Å². The highest BCUT2D eigenvalue weighted by Crippen LogP contribution is 2.23. The van der Waals surface area contributed by atoms with E-state index in [1.54, 1.807) is 6.33 Å². The Bertz CT molecular complexity index is 393. The third-order valence-corrected chi connectivity index (χ3v) is 2.95. The maximum absolute atomic E-state index is 9.30. The van der Waals surface area contributed by atoms with Crippen LogP contribution >= 0.6 is 0 Å². The highest BCUT2D eigenvalue weighted by atomic mass is 16.3. The van der Waals surface area contributed by atoms with Crippen LogP contribution in [-0.2, 0) is 6.42 Å². The van der Waals surface area contributed by atoms with Gasteiger partial charge in [0.05, 0.1) is 0 Å². The van der Waals surface area contributed by atoms with Crippen LogP contribution in [0.4, 0.5) is 11.6 Å². The molecule has 0 saturated carbocycles. The molecule has 19 heavy (non-hydrogen) atoms. The summed E-state index contributed by atoms with van der Waals surface area (Å²) in [5, 5.41) is 15.9. The molecule has 0 aromatic carbocycles. The molecule has 5 heteroatoms. The van der Waals surface area contributed by atoms with E-state index in [-0.39, 0.29) is 12.0 Å². The number of hydrogen-bond acceptors (Lipinski definition) is 5. The van der Waals surface area contributed by atoms with Crippen LogP contribution in [0.1, 0.15) is 39.7 Å². The number of nitrogens with zero attached hydrogens (tertiary/aromatic N) is 2. The Morgan fingerprint density at radius 3 is 2.32 bits per heavy atom. The molecule has 5 nitrogen and oxygen atoms in total. The summed E-state index contributed by atoms with van der Waals surface area (Å²) < 4.78 is 0. The number of aromatic nitrogens is 2. The normalized spacial score (nSPS) is 11.4. The van der Waals surface area contributed by atoms with Crippen molar-refractivity contribution >= 4 is 11.6 Å². The van der Waals surface area contributed by atoms with Crippen molar-refractivity contribution in [3.8, 4) is 0 Å². The molecule has 0 aliphatic carbocycles. The van der Waals surface area contributed by atoms with Gasteiger partial charge in [-0.1, -0.05) is 27.2 Å². The lowest BCUT2D eigenvalue weighted by Crippen LogP contribution is -2.27. The van der Waals surface area contributed by atoms with Gasteiger partial charge in [0.15, 0.2) is 0 Å². The van der Waals surface area contributed by atoms with E-state index >= 15 is 0 Å². The molecule has 1 rings (SSSR count). The molecule has 108 valence electrons. The minimum Gasteiger partial charge on any atom is -0.396 e. The van der Waals surface area contributed by atoms with Crippen molar-refractivity contribution in [1.29, 1.82) is 0 Å². The van der Waals surface area contributed by atoms with E-state index in [0.29, 0.717) is 6.54 Å². The summed E-state index contributed by atoms with van der Waals surface area (Å²) in [6, 6.07) is 0. The second-order valence-electron chi connectivity index (χ2n) is 5.51. The van der Waals surface area contributed by atoms with Gasteiger partial charge in [0.25, 0.3) is 0 Å². The third kappa shape index (κ3) is 4.67. The van der Waals surface area contributed by atoms with E-state index in [1.807, 2.05) is 13.8 Å². The number of aliphatic hydroxyl groups is 1. The fraction of sp³-hybridized carbons (Fsp3) is 0.714. The molecule has 0 saturated heterocycles. The topological polar surface area (TPSA) is 70.1 Å². The molecule has 0 spiro atoms. The van der Waals surface area contributed by atoms with Gasteiger partial charge in [-0.15, -0.1) is 0 Å². The van der Waals surface area contributed by atoms with Gasteiger partial charge < -0.3 is 15.7 Å². The maximum atomic E-state index is 9.30. The van der Waals surface area contributed by atoms with Gasteiger partial charge in [-0.3, -0.25) is 0 Å². The van der Waals surface area contributed by atoms with Crippen LogP contribution < -0.4 is 10.6 Å². The average Bonchev–Trinajstić information content (AvgIpc) is 2.40. The van der Waals surface area contributed by atoms with Gasteiger partial charge in [-0.25, -0.2) is 9.97 Å². The lowest BCUT2D eigenvalue weighted by Gasteiger charge is -2.23. The third-order valence-electron chi connectivity index (χ3n) is 2.95. The fourth-order valence-corrected chi connectivity index (χ4v) is 1.75. The van der Waals surface area contributed by atoms with Crippen molar-refractivity contribution in [3.05, 3.63) is 11.9 Å². The Morgan fingerprint density at radius 1 is 1.16 bits per heavy atom. The van der Waals surface area contributed by atoms with Crippen molar-refractivity contribution in [2.24, 2.45) is 5.41 Å². The van der Waals surface area contributed by atoms with Gasteiger partial charge in [0.1, 0.15) is 18.0 Å². The van der Waals surface area contributed by atoms with Crippen molar-refractivity contribution in [2.45, 2.75) is 40.5 Å². The maximum Gasteiger partial charge on any atom is 0.134 e. The van der Waals surface area contributed by atoms with Crippen LogP contribution in [0, 0.1) is 5.41 Å². The lowest BCUT2D eigenvalue weighted by molar-refractivity contribution is 0.170. The Hall–Kier alpha value is -1.36. The first-order chi connectivity index (χ1) is 9.04. The molecule has 1 heterocycles. The smallest absolute Gasteiger partial charge is 0.134 e. The molecule has 0 aliphatic heterocycles. The van der Waals surface area contributed by atoms with E-state index < -0.39 is 0 Å². The van der Waals surface area contributed by atoms with Crippen LogP contribution in [0.2, 0.25) is 0 Å². The first kappa shape index (κ1) is 15.7. The zero-order chi connectivity index (χ0) is 14.3. The zero-order valence-electron chi connectivity index (χ0n) is 12.5. The summed E-state index contributed by atoms with van der Waals surface area (Å²) in [4.78, 5) is 8.63. The second kappa shape index (κ2) is 7.28. The van der Waals surface area contributed by atoms with Crippen molar-refractivity contribution in [3.63, 3.8) is 0 Å². The Labute approximate surface area is 115 Å². The fourth-order valence-electron chi connectivity index (χ4n) is 1.75. The Kier molecular flexibility index (Phi) is 6.02. The predicted octanol–water partition coefficient (Wildman–Crippen LogP) is 2.29. The van der Waals surface area contributed by atoms with E-state index in [9.17, 15) is 5.11 Å². The van der Waals surface area contributed by atoms with Crippen LogP contribution in [0.25, 0.3) is 0 Å². The first-order valence-electron chi connectivity index (χ1n) is 6.96. The number of hydrogen-bond donors (Lipinski definition) is 3. The van der Waals surface area contributed by atoms with Crippen LogP contribution in [0.15, 0.2) is 6.33 Å². The summed E-state index contributed by atoms with van der Waals surface area (Å²) in [7, 11) is 0. The van der Waals surface area contributed by atoms with Crippen LogP contribution in [0.3, 0.4) is 0 Å². The molecule has 0 fully saturated rings. The minimum atomic E-state index is -0.160. The molecule has 3 N–H and O–H groups in total. The van der Waals surface area contributed by atoms with Crippen LogP contribution in [-0.4, -0.2) is 34.8 Å². The Balaban J connectivity index is 2.89. The number of aliphatic hydroxyl groups excluding tert-OH is 1. The largest absolute Gasteiger partial charge is 0.396 e. The zero-order valence-corrected chi connectivity index (χ0v) is 12.5. The summed E-state index contributed by atoms with van der Waals surface area (Å²) >= 11 is 0. The highest BCUT2D eigenvalue weighted by molar-refractivity contribution is 5.57. The molecule has 1 aromatic rings. The van der Waals surface area contributed by atoms with E-state index in [2.05, 4.69) is 34.4 Å². The second-order valence-corrected chi connectivity index (χ2v) is 5.51. The molecular weight excluding hydrogens is 240 g/mol. The van der Waals surface area contributed by atoms with Crippen LogP contribution in [0.5, 0.6) is 0 Å². The van der Waals surface area contributed by atoms with Crippen molar-refractivity contribution in [2.75, 3.05) is 30.3 Å². The number of nitrogens with one attached hydrogen (secondary N) is 2. The van der Waals surface area contributed by atoms with E-state index in [4.69, 9.17) is 0 Å². The standard InChI is InChI=1S/C14H26N4O/c1-5-7-11-12(15-6-2)17-10-18-13(11)16-8-14(3,4)9-19/h10,19H,5-9H2,1-4H3,(H2,15,16,17,18). The molecule has 0 atom stereocenters. The lowest BCUT2D eigenvalue weighted by atomic mass is 9.95. The monoisotopic (exact) mass is 266 g/mol. The summed E-state index contributed by atoms with van der Waals surface area (Å²) in [5.41, 5.74) is 0.966. The van der Waals surface area contributed by atoms with Gasteiger partial charge in [0, 0.05) is 30.7 Å². The molecule has 0 aliphatic rings. The molecule has 0 unspecified atom stereocenters. The highest BCUT2D eigenvalue weighted by Gasteiger charge is 2.18.